The van der Waals surface area contributed by atoms with Gasteiger partial charge >= 0.3 is 0 Å². The summed E-state index contributed by atoms with van der Waals surface area (Å²) in [6.45, 7) is 8.14. The fourth-order valence-corrected chi connectivity index (χ4v) is 6.17. The van der Waals surface area contributed by atoms with E-state index < -0.39 is 10.0 Å². The lowest BCUT2D eigenvalue weighted by Gasteiger charge is -2.40. The van der Waals surface area contributed by atoms with Crippen LogP contribution in [0.4, 0.5) is 0 Å². The van der Waals surface area contributed by atoms with Crippen molar-refractivity contribution in [3.63, 3.8) is 0 Å². The average molecular weight is 522 g/mol. The number of nitrogens with one attached hydrogen (secondary N) is 1. The van der Waals surface area contributed by atoms with Crippen molar-refractivity contribution in [1.29, 1.82) is 0 Å². The molecule has 8 heteroatoms. The van der Waals surface area contributed by atoms with Crippen LogP contribution in [0.1, 0.15) is 48.3 Å². The molecule has 0 unspecified atom stereocenters. The number of piperazine rings is 1. The predicted molar refractivity (Wildman–Crippen MR) is 145 cm³/mol. The first-order valence-corrected chi connectivity index (χ1v) is 14.2. The van der Waals surface area contributed by atoms with E-state index in [4.69, 9.17) is 4.74 Å². The van der Waals surface area contributed by atoms with Gasteiger partial charge < -0.3 is 9.64 Å². The van der Waals surface area contributed by atoms with Crippen LogP contribution >= 0.6 is 0 Å². The first-order chi connectivity index (χ1) is 17.8. The number of nitrogens with zero attached hydrogens (tertiary/aromatic N) is 2. The van der Waals surface area contributed by atoms with Crippen LogP contribution < -0.4 is 9.46 Å². The zero-order valence-electron chi connectivity index (χ0n) is 21.6. The number of amides is 1. The number of sulfonamides is 1. The van der Waals surface area contributed by atoms with E-state index >= 15 is 0 Å². The molecule has 3 aromatic rings. The van der Waals surface area contributed by atoms with Gasteiger partial charge in [-0.25, -0.2) is 13.1 Å². The Morgan fingerprint density at radius 2 is 1.46 bits per heavy atom. The van der Waals surface area contributed by atoms with E-state index in [2.05, 4.69) is 58.2 Å². The Balaban J connectivity index is 1.53. The van der Waals surface area contributed by atoms with E-state index in [-0.39, 0.29) is 28.6 Å². The molecule has 0 saturated carbocycles. The SMILES string of the molecule is CCOc1ccc(C(=O)N2CCN(C(c3ccccc3)c3ccccc3)CC2)cc1S(=O)(=O)NC(C)C. The van der Waals surface area contributed by atoms with Crippen LogP contribution in [0.2, 0.25) is 0 Å². The van der Waals surface area contributed by atoms with Crippen molar-refractivity contribution >= 4 is 15.9 Å². The summed E-state index contributed by atoms with van der Waals surface area (Å²) < 4.78 is 34.1. The molecule has 1 aliphatic rings. The van der Waals surface area contributed by atoms with Crippen LogP contribution in [-0.4, -0.2) is 63.0 Å². The van der Waals surface area contributed by atoms with Crippen LogP contribution in [0.3, 0.4) is 0 Å². The lowest BCUT2D eigenvalue weighted by molar-refractivity contribution is 0.0597. The molecule has 0 atom stereocenters. The van der Waals surface area contributed by atoms with Gasteiger partial charge in [-0.15, -0.1) is 0 Å². The molecule has 1 aliphatic heterocycles. The second-order valence-electron chi connectivity index (χ2n) is 9.42. The van der Waals surface area contributed by atoms with Crippen LogP contribution in [0.5, 0.6) is 5.75 Å². The van der Waals surface area contributed by atoms with E-state index in [9.17, 15) is 13.2 Å². The van der Waals surface area contributed by atoms with Crippen LogP contribution in [0, 0.1) is 0 Å². The van der Waals surface area contributed by atoms with E-state index in [0.717, 1.165) is 0 Å². The van der Waals surface area contributed by atoms with E-state index in [1.54, 1.807) is 37.8 Å². The third-order valence-corrected chi connectivity index (χ3v) is 8.05. The molecule has 0 radical (unpaired) electrons. The van der Waals surface area contributed by atoms with Crippen molar-refractivity contribution < 1.29 is 17.9 Å². The van der Waals surface area contributed by atoms with Gasteiger partial charge in [0.15, 0.2) is 0 Å². The first-order valence-electron chi connectivity index (χ1n) is 12.7. The topological polar surface area (TPSA) is 79.0 Å². The molecule has 0 bridgehead atoms. The number of rotatable bonds is 9. The smallest absolute Gasteiger partial charge is 0.253 e. The van der Waals surface area contributed by atoms with Crippen molar-refractivity contribution in [3.8, 4) is 5.75 Å². The summed E-state index contributed by atoms with van der Waals surface area (Å²) in [7, 11) is -3.83. The normalized spacial score (nSPS) is 14.8. The van der Waals surface area contributed by atoms with Gasteiger partial charge in [-0.05, 0) is 50.1 Å². The maximum atomic E-state index is 13.4. The predicted octanol–water partition coefficient (Wildman–Crippen LogP) is 4.32. The largest absolute Gasteiger partial charge is 0.492 e. The summed E-state index contributed by atoms with van der Waals surface area (Å²) in [4.78, 5) is 17.6. The Bertz CT molecular complexity index is 1250. The molecule has 7 nitrogen and oxygen atoms in total. The monoisotopic (exact) mass is 521 g/mol. The quantitative estimate of drug-likeness (QED) is 0.454. The number of ether oxygens (including phenoxy) is 1. The van der Waals surface area contributed by atoms with Crippen molar-refractivity contribution in [3.05, 3.63) is 95.6 Å². The van der Waals surface area contributed by atoms with Crippen LogP contribution in [0.15, 0.2) is 83.8 Å². The zero-order chi connectivity index (χ0) is 26.4. The molecule has 37 heavy (non-hydrogen) atoms. The zero-order valence-corrected chi connectivity index (χ0v) is 22.4. The van der Waals surface area contributed by atoms with Gasteiger partial charge in [0.05, 0.1) is 12.6 Å². The minimum Gasteiger partial charge on any atom is -0.492 e. The van der Waals surface area contributed by atoms with E-state index in [1.807, 2.05) is 12.1 Å². The molecule has 0 spiro atoms. The lowest BCUT2D eigenvalue weighted by atomic mass is 9.96. The molecule has 1 fully saturated rings. The molecule has 0 aliphatic carbocycles. The number of benzene rings is 3. The highest BCUT2D eigenvalue weighted by atomic mass is 32.2. The maximum absolute atomic E-state index is 13.4. The Hall–Kier alpha value is -3.20. The second-order valence-corrected chi connectivity index (χ2v) is 11.1. The number of carbonyl (C=O) groups is 1. The summed E-state index contributed by atoms with van der Waals surface area (Å²) >= 11 is 0. The van der Waals surface area contributed by atoms with Gasteiger partial charge in [0.2, 0.25) is 10.0 Å². The van der Waals surface area contributed by atoms with Gasteiger partial charge in [0.25, 0.3) is 5.91 Å². The van der Waals surface area contributed by atoms with Crippen molar-refractivity contribution in [2.45, 2.75) is 37.8 Å². The van der Waals surface area contributed by atoms with Crippen LogP contribution in [-0.2, 0) is 10.0 Å². The number of carbonyl (C=O) groups excluding carboxylic acids is 1. The number of hydrogen-bond acceptors (Lipinski definition) is 5. The Labute approximate surface area is 220 Å². The molecular formula is C29H35N3O4S. The highest BCUT2D eigenvalue weighted by Crippen LogP contribution is 2.30. The molecular weight excluding hydrogens is 486 g/mol. The highest BCUT2D eigenvalue weighted by Gasteiger charge is 2.30. The van der Waals surface area contributed by atoms with Gasteiger partial charge in [0, 0.05) is 37.8 Å². The first kappa shape index (κ1) is 26.9. The fraction of sp³-hybridized carbons (Fsp3) is 0.345. The van der Waals surface area contributed by atoms with E-state index in [1.165, 1.54) is 17.2 Å². The molecule has 1 saturated heterocycles. The standard InChI is InChI=1S/C29H35N3O4S/c1-4-36-26-16-15-25(21-27(26)37(34,35)30-22(2)3)29(33)32-19-17-31(18-20-32)28(23-11-7-5-8-12-23)24-13-9-6-10-14-24/h5-16,21-22,28,30H,4,17-20H2,1-3H3. The third kappa shape index (κ3) is 6.39. The molecule has 4 rings (SSSR count). The van der Waals surface area contributed by atoms with Crippen molar-refractivity contribution in [2.24, 2.45) is 0 Å². The third-order valence-electron chi connectivity index (χ3n) is 6.37. The Morgan fingerprint density at radius 3 is 1.97 bits per heavy atom. The van der Waals surface area contributed by atoms with Gasteiger partial charge in [0.1, 0.15) is 10.6 Å². The minimum absolute atomic E-state index is 0.0132. The summed E-state index contributed by atoms with van der Waals surface area (Å²) in [5, 5.41) is 0. The minimum atomic E-state index is -3.83. The molecule has 1 N–H and O–H groups in total. The van der Waals surface area contributed by atoms with Crippen LogP contribution in [0.25, 0.3) is 0 Å². The lowest BCUT2D eigenvalue weighted by Crippen LogP contribution is -2.49. The number of hydrogen-bond donors (Lipinski definition) is 1. The van der Waals surface area contributed by atoms with Crippen molar-refractivity contribution in [2.75, 3.05) is 32.8 Å². The Morgan fingerprint density at radius 1 is 0.892 bits per heavy atom. The maximum Gasteiger partial charge on any atom is 0.253 e. The van der Waals surface area contributed by atoms with Gasteiger partial charge in [-0.2, -0.15) is 0 Å². The summed E-state index contributed by atoms with van der Waals surface area (Å²) in [6, 6.07) is 25.3. The summed E-state index contributed by atoms with van der Waals surface area (Å²) in [5.74, 6) is 0.0604. The molecule has 196 valence electrons. The molecule has 1 amide bonds. The molecule has 3 aromatic carbocycles. The Kier molecular flexibility index (Phi) is 8.63. The fourth-order valence-electron chi connectivity index (χ4n) is 4.75. The van der Waals surface area contributed by atoms with Gasteiger partial charge in [-0.1, -0.05) is 60.7 Å². The van der Waals surface area contributed by atoms with E-state index in [0.29, 0.717) is 38.3 Å². The average Bonchev–Trinajstić information content (AvgIpc) is 2.90. The van der Waals surface area contributed by atoms with Gasteiger partial charge in [-0.3, -0.25) is 9.69 Å². The highest BCUT2D eigenvalue weighted by molar-refractivity contribution is 7.89. The van der Waals surface area contributed by atoms with Crippen molar-refractivity contribution in [1.82, 2.24) is 14.5 Å². The molecule has 0 aromatic heterocycles. The molecule has 1 heterocycles. The summed E-state index contributed by atoms with van der Waals surface area (Å²) in [6.07, 6.45) is 0. The second kappa shape index (κ2) is 11.9. The summed E-state index contributed by atoms with van der Waals surface area (Å²) in [5.41, 5.74) is 2.77.